The van der Waals surface area contributed by atoms with E-state index in [-0.39, 0.29) is 11.8 Å². The molecule has 0 aromatic heterocycles. The average Bonchev–Trinajstić information content (AvgIpc) is 2.66. The number of hydrogen-bond acceptors (Lipinski definition) is 1. The first-order valence-electron chi connectivity index (χ1n) is 6.04. The van der Waals surface area contributed by atoms with E-state index in [2.05, 4.69) is 12.2 Å². The van der Waals surface area contributed by atoms with Crippen LogP contribution < -0.4 is 5.32 Å². The van der Waals surface area contributed by atoms with E-state index in [1.165, 1.54) is 38.5 Å². The standard InChI is InChI=1S/C12H23NO/c1-3-4-7-10(2)12(14)13-11-8-5-6-9-11/h10-11H,3-9H2,1-2H3,(H,13,14). The van der Waals surface area contributed by atoms with Gasteiger partial charge in [-0.05, 0) is 19.3 Å². The van der Waals surface area contributed by atoms with Gasteiger partial charge in [-0.3, -0.25) is 4.79 Å². The first kappa shape index (κ1) is 11.5. The van der Waals surface area contributed by atoms with Gasteiger partial charge in [0.1, 0.15) is 0 Å². The Kier molecular flexibility index (Phi) is 4.99. The van der Waals surface area contributed by atoms with Crippen molar-refractivity contribution in [1.29, 1.82) is 0 Å². The minimum Gasteiger partial charge on any atom is -0.353 e. The lowest BCUT2D eigenvalue weighted by Crippen LogP contribution is -2.36. The van der Waals surface area contributed by atoms with Crippen molar-refractivity contribution in [1.82, 2.24) is 5.32 Å². The third kappa shape index (κ3) is 3.69. The van der Waals surface area contributed by atoms with Crippen molar-refractivity contribution >= 4 is 5.91 Å². The highest BCUT2D eigenvalue weighted by Gasteiger charge is 2.19. The molecule has 2 nitrogen and oxygen atoms in total. The predicted octanol–water partition coefficient (Wildman–Crippen LogP) is 2.87. The zero-order valence-corrected chi connectivity index (χ0v) is 9.51. The average molecular weight is 197 g/mol. The molecule has 2 heteroatoms. The Morgan fingerprint density at radius 1 is 1.43 bits per heavy atom. The minimum absolute atomic E-state index is 0.204. The molecule has 0 aliphatic heterocycles. The molecular weight excluding hydrogens is 174 g/mol. The Hall–Kier alpha value is -0.530. The molecule has 1 atom stereocenters. The Bertz CT molecular complexity index is 173. The molecule has 14 heavy (non-hydrogen) atoms. The highest BCUT2D eigenvalue weighted by atomic mass is 16.1. The number of amides is 1. The summed E-state index contributed by atoms with van der Waals surface area (Å²) in [4.78, 5) is 11.7. The van der Waals surface area contributed by atoms with Crippen molar-refractivity contribution in [2.24, 2.45) is 5.92 Å². The van der Waals surface area contributed by atoms with Gasteiger partial charge < -0.3 is 5.32 Å². The highest BCUT2D eigenvalue weighted by molar-refractivity contribution is 5.78. The lowest BCUT2D eigenvalue weighted by atomic mass is 10.0. The fourth-order valence-corrected chi connectivity index (χ4v) is 2.05. The fourth-order valence-electron chi connectivity index (χ4n) is 2.05. The summed E-state index contributed by atoms with van der Waals surface area (Å²) in [6, 6.07) is 0.478. The summed E-state index contributed by atoms with van der Waals surface area (Å²) in [5.74, 6) is 0.473. The van der Waals surface area contributed by atoms with Crippen LogP contribution in [0, 0.1) is 5.92 Å². The Balaban J connectivity index is 2.18. The number of carbonyl (C=O) groups excluding carboxylic acids is 1. The van der Waals surface area contributed by atoms with E-state index in [1.54, 1.807) is 0 Å². The largest absolute Gasteiger partial charge is 0.353 e. The van der Waals surface area contributed by atoms with Gasteiger partial charge in [-0.1, -0.05) is 39.5 Å². The van der Waals surface area contributed by atoms with Crippen LogP contribution in [0.15, 0.2) is 0 Å². The zero-order chi connectivity index (χ0) is 10.4. The molecule has 1 amide bonds. The van der Waals surface area contributed by atoms with E-state index in [0.717, 1.165) is 6.42 Å². The molecule has 0 radical (unpaired) electrons. The van der Waals surface area contributed by atoms with Crippen molar-refractivity contribution in [3.63, 3.8) is 0 Å². The Labute approximate surface area is 87.5 Å². The molecule has 1 aliphatic rings. The van der Waals surface area contributed by atoms with Crippen LogP contribution in [0.5, 0.6) is 0 Å². The summed E-state index contributed by atoms with van der Waals surface area (Å²) in [6.07, 6.45) is 8.33. The molecule has 1 rings (SSSR count). The summed E-state index contributed by atoms with van der Waals surface area (Å²) in [7, 11) is 0. The van der Waals surface area contributed by atoms with Crippen molar-refractivity contribution in [2.45, 2.75) is 64.8 Å². The predicted molar refractivity (Wildman–Crippen MR) is 59.1 cm³/mol. The topological polar surface area (TPSA) is 29.1 Å². The number of unbranched alkanes of at least 4 members (excludes halogenated alkanes) is 1. The molecule has 0 heterocycles. The van der Waals surface area contributed by atoms with Crippen molar-refractivity contribution in [3.05, 3.63) is 0 Å². The van der Waals surface area contributed by atoms with Gasteiger partial charge in [0.2, 0.25) is 5.91 Å². The van der Waals surface area contributed by atoms with Crippen LogP contribution >= 0.6 is 0 Å². The smallest absolute Gasteiger partial charge is 0.223 e. The quantitative estimate of drug-likeness (QED) is 0.721. The summed E-state index contributed by atoms with van der Waals surface area (Å²) in [6.45, 7) is 4.21. The first-order valence-corrected chi connectivity index (χ1v) is 6.04. The van der Waals surface area contributed by atoms with Crippen LogP contribution in [0.2, 0.25) is 0 Å². The maximum absolute atomic E-state index is 11.7. The maximum Gasteiger partial charge on any atom is 0.223 e. The van der Waals surface area contributed by atoms with E-state index in [9.17, 15) is 4.79 Å². The molecule has 0 saturated heterocycles. The summed E-state index contributed by atoms with van der Waals surface area (Å²) < 4.78 is 0. The summed E-state index contributed by atoms with van der Waals surface area (Å²) in [5.41, 5.74) is 0. The minimum atomic E-state index is 0.204. The second-order valence-electron chi connectivity index (χ2n) is 4.53. The molecule has 0 aromatic rings. The molecule has 0 bridgehead atoms. The van der Waals surface area contributed by atoms with Gasteiger partial charge in [0.05, 0.1) is 0 Å². The monoisotopic (exact) mass is 197 g/mol. The van der Waals surface area contributed by atoms with E-state index in [1.807, 2.05) is 6.92 Å². The molecule has 1 saturated carbocycles. The maximum atomic E-state index is 11.7. The molecule has 1 fully saturated rings. The van der Waals surface area contributed by atoms with Crippen molar-refractivity contribution in [3.8, 4) is 0 Å². The van der Waals surface area contributed by atoms with Crippen LogP contribution in [0.4, 0.5) is 0 Å². The lowest BCUT2D eigenvalue weighted by molar-refractivity contribution is -0.125. The van der Waals surface area contributed by atoms with E-state index in [0.29, 0.717) is 6.04 Å². The van der Waals surface area contributed by atoms with Crippen LogP contribution in [-0.2, 0) is 4.79 Å². The van der Waals surface area contributed by atoms with Gasteiger partial charge in [0.15, 0.2) is 0 Å². The van der Waals surface area contributed by atoms with Crippen molar-refractivity contribution < 1.29 is 4.79 Å². The molecule has 0 spiro atoms. The molecule has 0 aromatic carbocycles. The molecule has 1 unspecified atom stereocenters. The van der Waals surface area contributed by atoms with Crippen molar-refractivity contribution in [2.75, 3.05) is 0 Å². The van der Waals surface area contributed by atoms with Crippen LogP contribution in [0.25, 0.3) is 0 Å². The Morgan fingerprint density at radius 3 is 2.64 bits per heavy atom. The van der Waals surface area contributed by atoms with Gasteiger partial charge in [0.25, 0.3) is 0 Å². The zero-order valence-electron chi connectivity index (χ0n) is 9.51. The molecule has 1 aliphatic carbocycles. The molecule has 82 valence electrons. The van der Waals surface area contributed by atoms with E-state index in [4.69, 9.17) is 0 Å². The number of nitrogens with one attached hydrogen (secondary N) is 1. The van der Waals surface area contributed by atoms with Gasteiger partial charge in [-0.15, -0.1) is 0 Å². The number of rotatable bonds is 5. The summed E-state index contributed by atoms with van der Waals surface area (Å²) >= 11 is 0. The van der Waals surface area contributed by atoms with E-state index < -0.39 is 0 Å². The van der Waals surface area contributed by atoms with Gasteiger partial charge in [-0.2, -0.15) is 0 Å². The third-order valence-corrected chi connectivity index (χ3v) is 3.14. The van der Waals surface area contributed by atoms with Gasteiger partial charge in [0, 0.05) is 12.0 Å². The lowest BCUT2D eigenvalue weighted by Gasteiger charge is -2.16. The third-order valence-electron chi connectivity index (χ3n) is 3.14. The SMILES string of the molecule is CCCCC(C)C(=O)NC1CCCC1. The van der Waals surface area contributed by atoms with Crippen LogP contribution in [-0.4, -0.2) is 11.9 Å². The van der Waals surface area contributed by atoms with Gasteiger partial charge >= 0.3 is 0 Å². The molecular formula is C12H23NO. The second kappa shape index (κ2) is 6.05. The van der Waals surface area contributed by atoms with Crippen LogP contribution in [0.1, 0.15) is 58.8 Å². The Morgan fingerprint density at radius 2 is 2.07 bits per heavy atom. The summed E-state index contributed by atoms with van der Waals surface area (Å²) in [5, 5.41) is 3.15. The van der Waals surface area contributed by atoms with Crippen LogP contribution in [0.3, 0.4) is 0 Å². The molecule has 1 N–H and O–H groups in total. The fraction of sp³-hybridized carbons (Fsp3) is 0.917. The van der Waals surface area contributed by atoms with Gasteiger partial charge in [-0.25, -0.2) is 0 Å². The second-order valence-corrected chi connectivity index (χ2v) is 4.53. The first-order chi connectivity index (χ1) is 6.74. The number of carbonyl (C=O) groups is 1. The van der Waals surface area contributed by atoms with E-state index >= 15 is 0 Å². The number of hydrogen-bond donors (Lipinski definition) is 1. The highest BCUT2D eigenvalue weighted by Crippen LogP contribution is 2.18. The normalized spacial score (nSPS) is 19.6.